The Kier molecular flexibility index (Phi) is 10.6. The Balaban J connectivity index is 1.24. The van der Waals surface area contributed by atoms with Crippen molar-refractivity contribution in [1.29, 1.82) is 0 Å². The van der Waals surface area contributed by atoms with Crippen LogP contribution in [0.15, 0.2) is 151 Å². The van der Waals surface area contributed by atoms with Crippen LogP contribution < -0.4 is 10.2 Å². The number of likely N-dealkylation sites (N-methyl/N-ethyl adjacent to an activating group) is 1. The third-order valence-corrected chi connectivity index (χ3v) is 14.1. The molecular formula is C46H46Br2N2O2S. The molecule has 1 atom stereocenters. The molecule has 1 heterocycles. The maximum atomic E-state index is 14.5. The first-order valence-electron chi connectivity index (χ1n) is 18.5. The highest BCUT2D eigenvalue weighted by Gasteiger charge is 2.36. The first-order chi connectivity index (χ1) is 25.4. The highest BCUT2D eigenvalue weighted by atomic mass is 79.9. The molecule has 1 N–H and O–H groups in total. The second-order valence-corrected chi connectivity index (χ2v) is 18.3. The van der Waals surface area contributed by atoms with Crippen molar-refractivity contribution < 1.29 is 8.42 Å². The molecule has 5 aromatic carbocycles. The molecule has 0 spiro atoms. The number of anilines is 2. The van der Waals surface area contributed by atoms with Crippen molar-refractivity contribution in [3.05, 3.63) is 158 Å². The Morgan fingerprint density at radius 3 is 2.30 bits per heavy atom. The van der Waals surface area contributed by atoms with Crippen molar-refractivity contribution in [3.8, 4) is 0 Å². The summed E-state index contributed by atoms with van der Waals surface area (Å²) in [5.74, 6) is -0.124. The van der Waals surface area contributed by atoms with Crippen LogP contribution in [0.2, 0.25) is 0 Å². The number of hydrogen-bond donors (Lipinski definition) is 1. The molecule has 5 aromatic rings. The van der Waals surface area contributed by atoms with Crippen molar-refractivity contribution in [2.24, 2.45) is 5.92 Å². The van der Waals surface area contributed by atoms with E-state index in [1.54, 1.807) is 12.1 Å². The topological polar surface area (TPSA) is 49.4 Å². The van der Waals surface area contributed by atoms with Gasteiger partial charge in [-0.2, -0.15) is 0 Å². The number of sulfone groups is 1. The van der Waals surface area contributed by atoms with E-state index in [0.717, 1.165) is 57.1 Å². The molecule has 2 aliphatic rings. The van der Waals surface area contributed by atoms with E-state index in [9.17, 15) is 8.42 Å². The number of nitrogens with zero attached hydrogens (tertiary/aromatic N) is 1. The average molecular weight is 851 g/mol. The number of fused-ring (bicyclic) bond motifs is 4. The second-order valence-electron chi connectivity index (χ2n) is 14.6. The van der Waals surface area contributed by atoms with E-state index in [0.29, 0.717) is 22.6 Å². The maximum absolute atomic E-state index is 14.5. The molecule has 0 saturated carbocycles. The van der Waals surface area contributed by atoms with Gasteiger partial charge >= 0.3 is 0 Å². The first-order valence-corrected chi connectivity index (χ1v) is 21.6. The van der Waals surface area contributed by atoms with E-state index in [1.165, 1.54) is 38.7 Å². The van der Waals surface area contributed by atoms with E-state index in [1.807, 2.05) is 24.3 Å². The first kappa shape index (κ1) is 37.4. The highest BCUT2D eigenvalue weighted by molar-refractivity contribution is 9.10. The predicted octanol–water partition coefficient (Wildman–Crippen LogP) is 12.8. The van der Waals surface area contributed by atoms with E-state index >= 15 is 0 Å². The van der Waals surface area contributed by atoms with Gasteiger partial charge in [-0.25, -0.2) is 8.42 Å². The summed E-state index contributed by atoms with van der Waals surface area (Å²) in [6, 6.07) is 30.5. The summed E-state index contributed by atoms with van der Waals surface area (Å²) in [6.07, 6.45) is 9.36. The molecule has 272 valence electrons. The Hall–Kier alpha value is -3.91. The smallest absolute Gasteiger partial charge is 0.203 e. The van der Waals surface area contributed by atoms with Gasteiger partial charge in [-0.05, 0) is 131 Å². The second kappa shape index (κ2) is 15.1. The van der Waals surface area contributed by atoms with Gasteiger partial charge in [0.1, 0.15) is 0 Å². The monoisotopic (exact) mass is 848 g/mol. The lowest BCUT2D eigenvalue weighted by atomic mass is 9.75. The molecular weight excluding hydrogens is 804 g/mol. The molecule has 4 nitrogen and oxygen atoms in total. The van der Waals surface area contributed by atoms with Crippen LogP contribution in [0.4, 0.5) is 11.4 Å². The van der Waals surface area contributed by atoms with Gasteiger partial charge in [0.2, 0.25) is 9.84 Å². The highest BCUT2D eigenvalue weighted by Crippen LogP contribution is 2.45. The summed E-state index contributed by atoms with van der Waals surface area (Å²) in [6.45, 7) is 15.0. The molecule has 53 heavy (non-hydrogen) atoms. The fourth-order valence-corrected chi connectivity index (χ4v) is 11.0. The number of halogens is 2. The minimum Gasteiger partial charge on any atom is -0.385 e. The summed E-state index contributed by atoms with van der Waals surface area (Å²) in [5.41, 5.74) is 7.44. The zero-order valence-corrected chi connectivity index (χ0v) is 34.8. The van der Waals surface area contributed by atoms with Gasteiger partial charge in [0.15, 0.2) is 0 Å². The van der Waals surface area contributed by atoms with Gasteiger partial charge in [-0.1, -0.05) is 113 Å². The third-order valence-electron chi connectivity index (χ3n) is 11.1. The molecule has 0 fully saturated rings. The largest absolute Gasteiger partial charge is 0.385 e. The van der Waals surface area contributed by atoms with Crippen molar-refractivity contribution in [3.63, 3.8) is 0 Å². The quantitative estimate of drug-likeness (QED) is 0.135. The lowest BCUT2D eigenvalue weighted by molar-refractivity contribution is 0.580. The normalized spacial score (nSPS) is 17.1. The SMILES string of the molecule is C=C(/C=C/C1=C(S(=O)(=O)c2ccccc2)C(C/C=C2\Cc3c(ccc4cc(Br)ccc34)N2CC)CC1)C(C)(C)c1c(NCC)ccc2cc(Br)ccc12. The van der Waals surface area contributed by atoms with Gasteiger partial charge in [0.05, 0.1) is 9.80 Å². The number of benzene rings is 5. The lowest BCUT2D eigenvalue weighted by Crippen LogP contribution is -2.21. The van der Waals surface area contributed by atoms with Crippen molar-refractivity contribution in [2.75, 3.05) is 23.3 Å². The fourth-order valence-electron chi connectivity index (χ4n) is 8.29. The minimum absolute atomic E-state index is 0.124. The van der Waals surface area contributed by atoms with Gasteiger partial charge in [-0.3, -0.25) is 0 Å². The van der Waals surface area contributed by atoms with Crippen LogP contribution >= 0.6 is 31.9 Å². The summed E-state index contributed by atoms with van der Waals surface area (Å²) in [7, 11) is -3.73. The van der Waals surface area contributed by atoms with Crippen LogP contribution in [0.1, 0.15) is 58.1 Å². The Bertz CT molecular complexity index is 2440. The Labute approximate surface area is 331 Å². The molecule has 0 aromatic heterocycles. The maximum Gasteiger partial charge on any atom is 0.203 e. The molecule has 0 saturated heterocycles. The van der Waals surface area contributed by atoms with Crippen LogP contribution in [-0.4, -0.2) is 21.5 Å². The van der Waals surface area contributed by atoms with E-state index < -0.39 is 15.3 Å². The van der Waals surface area contributed by atoms with Gasteiger partial charge in [0, 0.05) is 50.9 Å². The van der Waals surface area contributed by atoms with E-state index in [2.05, 4.69) is 149 Å². The average Bonchev–Trinajstić information content (AvgIpc) is 3.74. The van der Waals surface area contributed by atoms with Crippen LogP contribution in [0.25, 0.3) is 21.5 Å². The molecule has 1 aliphatic carbocycles. The molecule has 7 heteroatoms. The van der Waals surface area contributed by atoms with Crippen LogP contribution in [-0.2, 0) is 21.7 Å². The van der Waals surface area contributed by atoms with Crippen LogP contribution in [0.5, 0.6) is 0 Å². The van der Waals surface area contributed by atoms with Crippen LogP contribution in [0, 0.1) is 5.92 Å². The zero-order valence-electron chi connectivity index (χ0n) is 30.8. The number of hydrogen-bond acceptors (Lipinski definition) is 4. The molecule has 0 radical (unpaired) electrons. The van der Waals surface area contributed by atoms with E-state index in [4.69, 9.17) is 0 Å². The number of nitrogens with one attached hydrogen (secondary N) is 1. The Morgan fingerprint density at radius 2 is 1.60 bits per heavy atom. The van der Waals surface area contributed by atoms with Crippen LogP contribution in [0.3, 0.4) is 0 Å². The molecule has 1 aliphatic heterocycles. The lowest BCUT2D eigenvalue weighted by Gasteiger charge is -2.31. The zero-order chi connectivity index (χ0) is 37.5. The Morgan fingerprint density at radius 1 is 0.925 bits per heavy atom. The molecule has 7 rings (SSSR count). The van der Waals surface area contributed by atoms with Crippen molar-refractivity contribution >= 4 is 74.6 Å². The van der Waals surface area contributed by atoms with E-state index in [-0.39, 0.29) is 5.92 Å². The molecule has 1 unspecified atom stereocenters. The van der Waals surface area contributed by atoms with Gasteiger partial charge in [0.25, 0.3) is 0 Å². The fraction of sp³-hybridized carbons (Fsp3) is 0.261. The summed E-state index contributed by atoms with van der Waals surface area (Å²) >= 11 is 7.27. The molecule has 0 bridgehead atoms. The predicted molar refractivity (Wildman–Crippen MR) is 232 cm³/mol. The van der Waals surface area contributed by atoms with Gasteiger partial charge < -0.3 is 10.2 Å². The van der Waals surface area contributed by atoms with Crippen molar-refractivity contribution in [1.82, 2.24) is 0 Å². The third kappa shape index (κ3) is 7.08. The standard InChI is InChI=1S/C46H46Br2N2O2S/c1-6-49-42-25-18-34-28-36(48)21-24-40(34)44(42)46(4,5)30(3)13-14-31-15-16-32(45(31)53(51,52)38-11-9-8-10-12-38)17-22-37-29-41-39-23-20-35(47)27-33(39)19-26-43(41)50(37)7-2/h8-14,18-28,32,49H,3,6-7,15-17,29H2,1-2,4-5H3/b14-13+,37-22+. The summed E-state index contributed by atoms with van der Waals surface area (Å²) < 4.78 is 31.1. The number of rotatable bonds is 11. The summed E-state index contributed by atoms with van der Waals surface area (Å²) in [5, 5.41) is 8.39. The molecule has 0 amide bonds. The number of allylic oxidation sites excluding steroid dienone is 7. The summed E-state index contributed by atoms with van der Waals surface area (Å²) in [4.78, 5) is 3.28. The minimum atomic E-state index is -3.73. The van der Waals surface area contributed by atoms with Gasteiger partial charge in [-0.15, -0.1) is 0 Å². The van der Waals surface area contributed by atoms with Crippen molar-refractivity contribution in [2.45, 2.75) is 63.7 Å².